The van der Waals surface area contributed by atoms with Crippen LogP contribution in [0.5, 0.6) is 0 Å². The van der Waals surface area contributed by atoms with E-state index in [0.29, 0.717) is 44.5 Å². The largest absolute Gasteiger partial charge is 0.466 e. The minimum atomic E-state index is -4.62. The molecule has 4 heterocycles. The number of aryl methyl sites for hydroxylation is 2. The number of hydrogen-bond donors (Lipinski definition) is 0. The van der Waals surface area contributed by atoms with E-state index in [1.807, 2.05) is 19.1 Å². The Labute approximate surface area is 164 Å². The summed E-state index contributed by atoms with van der Waals surface area (Å²) in [5.41, 5.74) is 0.635. The number of furan rings is 1. The number of aromatic nitrogens is 4. The lowest BCUT2D eigenvalue weighted by Crippen LogP contribution is -2.38. The molecule has 0 bridgehead atoms. The van der Waals surface area contributed by atoms with Gasteiger partial charge in [0.05, 0.1) is 5.69 Å². The number of piperidine rings is 1. The van der Waals surface area contributed by atoms with E-state index in [1.165, 1.54) is 10.7 Å². The second-order valence-electron chi connectivity index (χ2n) is 7.18. The number of carbonyl (C=O) groups is 1. The van der Waals surface area contributed by atoms with Crippen LogP contribution in [0.15, 0.2) is 28.8 Å². The van der Waals surface area contributed by atoms with Gasteiger partial charge in [0, 0.05) is 38.0 Å². The van der Waals surface area contributed by atoms with E-state index >= 15 is 0 Å². The standard InChI is InChI=1S/C19H20F3N5O2/c1-12-2-3-14(29-12)4-5-16(28)26-10-7-13(8-11-26)15-6-9-23-18-24-17(19(20,21)22)25-27(15)18/h2-3,6,9,13H,4-5,7-8,10-11H2,1H3. The number of amides is 1. The number of alkyl halides is 3. The van der Waals surface area contributed by atoms with Crippen molar-refractivity contribution >= 4 is 11.7 Å². The van der Waals surface area contributed by atoms with Crippen LogP contribution in [0.2, 0.25) is 0 Å². The summed E-state index contributed by atoms with van der Waals surface area (Å²) in [6.45, 7) is 2.95. The van der Waals surface area contributed by atoms with Crippen LogP contribution in [-0.4, -0.2) is 43.5 Å². The van der Waals surface area contributed by atoms with Gasteiger partial charge in [-0.2, -0.15) is 18.2 Å². The van der Waals surface area contributed by atoms with Gasteiger partial charge in [-0.1, -0.05) is 0 Å². The zero-order chi connectivity index (χ0) is 20.6. The summed E-state index contributed by atoms with van der Waals surface area (Å²) in [4.78, 5) is 21.6. The van der Waals surface area contributed by atoms with E-state index in [1.54, 1.807) is 11.0 Å². The van der Waals surface area contributed by atoms with Crippen molar-refractivity contribution < 1.29 is 22.4 Å². The van der Waals surface area contributed by atoms with Crippen molar-refractivity contribution in [1.29, 1.82) is 0 Å². The predicted molar refractivity (Wildman–Crippen MR) is 96.1 cm³/mol. The molecule has 4 rings (SSSR count). The Morgan fingerprint density at radius 3 is 2.66 bits per heavy atom. The van der Waals surface area contributed by atoms with E-state index in [4.69, 9.17) is 4.42 Å². The highest BCUT2D eigenvalue weighted by Gasteiger charge is 2.37. The SMILES string of the molecule is Cc1ccc(CCC(=O)N2CCC(c3ccnc4nc(C(F)(F)F)nn34)CC2)o1. The quantitative estimate of drug-likeness (QED) is 0.663. The van der Waals surface area contributed by atoms with Crippen molar-refractivity contribution in [2.75, 3.05) is 13.1 Å². The number of fused-ring (bicyclic) bond motifs is 1. The molecule has 0 radical (unpaired) electrons. The smallest absolute Gasteiger partial charge is 0.453 e. The van der Waals surface area contributed by atoms with E-state index in [-0.39, 0.29) is 17.6 Å². The second kappa shape index (κ2) is 7.49. The third kappa shape index (κ3) is 4.10. The van der Waals surface area contributed by atoms with Crippen molar-refractivity contribution in [1.82, 2.24) is 24.5 Å². The molecule has 1 fully saturated rings. The van der Waals surface area contributed by atoms with E-state index < -0.39 is 12.0 Å². The Hall–Kier alpha value is -2.91. The molecule has 0 aromatic carbocycles. The number of hydrogen-bond acceptors (Lipinski definition) is 5. The fourth-order valence-electron chi connectivity index (χ4n) is 3.67. The average molecular weight is 407 g/mol. The predicted octanol–water partition coefficient (Wildman–Crippen LogP) is 3.38. The molecule has 0 unspecified atom stereocenters. The Balaban J connectivity index is 1.40. The monoisotopic (exact) mass is 407 g/mol. The summed E-state index contributed by atoms with van der Waals surface area (Å²) in [6.07, 6.45) is -0.959. The highest BCUT2D eigenvalue weighted by atomic mass is 19.4. The van der Waals surface area contributed by atoms with Gasteiger partial charge in [0.1, 0.15) is 11.5 Å². The second-order valence-corrected chi connectivity index (χ2v) is 7.18. The van der Waals surface area contributed by atoms with E-state index in [2.05, 4.69) is 15.1 Å². The summed E-state index contributed by atoms with van der Waals surface area (Å²) in [7, 11) is 0. The fraction of sp³-hybridized carbons (Fsp3) is 0.474. The summed E-state index contributed by atoms with van der Waals surface area (Å²) < 4.78 is 45.4. The maximum absolute atomic E-state index is 12.9. The third-order valence-corrected chi connectivity index (χ3v) is 5.17. The maximum atomic E-state index is 12.9. The Bertz CT molecular complexity index is 1020. The van der Waals surface area contributed by atoms with Crippen molar-refractivity contribution in [2.24, 2.45) is 0 Å². The topological polar surface area (TPSA) is 76.5 Å². The number of nitrogens with zero attached hydrogens (tertiary/aromatic N) is 5. The zero-order valence-corrected chi connectivity index (χ0v) is 15.8. The van der Waals surface area contributed by atoms with Crippen LogP contribution in [-0.2, 0) is 17.4 Å². The van der Waals surface area contributed by atoms with Crippen LogP contribution in [0, 0.1) is 6.92 Å². The molecule has 0 spiro atoms. The molecule has 1 saturated heterocycles. The Kier molecular flexibility index (Phi) is 5.01. The fourth-order valence-corrected chi connectivity index (χ4v) is 3.67. The number of likely N-dealkylation sites (tertiary alicyclic amines) is 1. The minimum Gasteiger partial charge on any atom is -0.466 e. The molecule has 3 aromatic rings. The van der Waals surface area contributed by atoms with Crippen LogP contribution >= 0.6 is 0 Å². The third-order valence-electron chi connectivity index (χ3n) is 5.17. The lowest BCUT2D eigenvalue weighted by molar-refractivity contribution is -0.144. The summed E-state index contributed by atoms with van der Waals surface area (Å²) in [6, 6.07) is 5.41. The van der Waals surface area contributed by atoms with Crippen LogP contribution in [0.4, 0.5) is 13.2 Å². The first-order chi connectivity index (χ1) is 13.8. The molecule has 29 heavy (non-hydrogen) atoms. The van der Waals surface area contributed by atoms with Gasteiger partial charge in [-0.3, -0.25) is 4.79 Å². The molecule has 0 N–H and O–H groups in total. The highest BCUT2D eigenvalue weighted by Crippen LogP contribution is 2.30. The van der Waals surface area contributed by atoms with Gasteiger partial charge in [0.2, 0.25) is 5.91 Å². The minimum absolute atomic E-state index is 0.0138. The first-order valence-corrected chi connectivity index (χ1v) is 9.43. The molecule has 1 aliphatic heterocycles. The molecular formula is C19H20F3N5O2. The van der Waals surface area contributed by atoms with Crippen molar-refractivity contribution in [2.45, 2.75) is 44.7 Å². The lowest BCUT2D eigenvalue weighted by atomic mass is 9.93. The van der Waals surface area contributed by atoms with Crippen LogP contribution in [0.3, 0.4) is 0 Å². The number of halogens is 3. The van der Waals surface area contributed by atoms with E-state index in [0.717, 1.165) is 11.5 Å². The van der Waals surface area contributed by atoms with Crippen LogP contribution in [0.1, 0.15) is 48.2 Å². The van der Waals surface area contributed by atoms with Gasteiger partial charge in [-0.05, 0) is 38.0 Å². The van der Waals surface area contributed by atoms with Crippen LogP contribution in [0.25, 0.3) is 5.78 Å². The molecule has 3 aromatic heterocycles. The summed E-state index contributed by atoms with van der Waals surface area (Å²) >= 11 is 0. The normalized spacial score (nSPS) is 15.9. The summed E-state index contributed by atoms with van der Waals surface area (Å²) in [5, 5.41) is 3.61. The van der Waals surface area contributed by atoms with Gasteiger partial charge >= 0.3 is 6.18 Å². The number of carbonyl (C=O) groups excluding carboxylic acids is 1. The Morgan fingerprint density at radius 2 is 2.00 bits per heavy atom. The van der Waals surface area contributed by atoms with Gasteiger partial charge in [0.25, 0.3) is 11.6 Å². The highest BCUT2D eigenvalue weighted by molar-refractivity contribution is 5.76. The van der Waals surface area contributed by atoms with Gasteiger partial charge in [-0.15, -0.1) is 5.10 Å². The number of rotatable bonds is 4. The van der Waals surface area contributed by atoms with Crippen molar-refractivity contribution in [3.8, 4) is 0 Å². The molecule has 0 aliphatic carbocycles. The van der Waals surface area contributed by atoms with Crippen molar-refractivity contribution in [3.63, 3.8) is 0 Å². The Morgan fingerprint density at radius 1 is 1.24 bits per heavy atom. The molecule has 154 valence electrons. The lowest BCUT2D eigenvalue weighted by Gasteiger charge is -2.32. The van der Waals surface area contributed by atoms with Crippen LogP contribution < -0.4 is 0 Å². The maximum Gasteiger partial charge on any atom is 0.453 e. The zero-order valence-electron chi connectivity index (χ0n) is 15.8. The van der Waals surface area contributed by atoms with Gasteiger partial charge < -0.3 is 9.32 Å². The van der Waals surface area contributed by atoms with Gasteiger partial charge in [-0.25, -0.2) is 9.50 Å². The van der Waals surface area contributed by atoms with Crippen molar-refractivity contribution in [3.05, 3.63) is 47.4 Å². The molecule has 7 nitrogen and oxygen atoms in total. The first kappa shape index (κ1) is 19.4. The molecule has 0 saturated carbocycles. The van der Waals surface area contributed by atoms with E-state index in [9.17, 15) is 18.0 Å². The summed E-state index contributed by atoms with van der Waals surface area (Å²) in [5.74, 6) is 0.383. The first-order valence-electron chi connectivity index (χ1n) is 9.43. The molecule has 10 heteroatoms. The molecular weight excluding hydrogens is 387 g/mol. The molecule has 1 amide bonds. The average Bonchev–Trinajstić information content (AvgIpc) is 3.32. The molecule has 1 aliphatic rings. The molecule has 0 atom stereocenters. The van der Waals surface area contributed by atoms with Gasteiger partial charge in [0.15, 0.2) is 0 Å².